The first-order valence-electron chi connectivity index (χ1n) is 11.9. The maximum atomic E-state index is 12.5. The fourth-order valence-electron chi connectivity index (χ4n) is 4.00. The standard InChI is InChI=1S/C28H33N3O3/c1-21(2)34-28(32)26-5-4-14-29-27(26)31-17-15-30(16-18-31)19-23-8-10-24(11-9-23)20-33-25-12-6-22(3)7-13-25/h4-14,21H,15-20H2,1-3H3. The zero-order valence-electron chi connectivity index (χ0n) is 20.2. The van der Waals surface area contributed by atoms with E-state index in [1.54, 1.807) is 18.3 Å². The number of hydrogen-bond donors (Lipinski definition) is 0. The molecule has 0 aliphatic carbocycles. The van der Waals surface area contributed by atoms with Crippen LogP contribution in [0.15, 0.2) is 66.9 Å². The average Bonchev–Trinajstić information content (AvgIpc) is 2.85. The number of aromatic nitrogens is 1. The van der Waals surface area contributed by atoms with E-state index in [4.69, 9.17) is 9.47 Å². The van der Waals surface area contributed by atoms with Gasteiger partial charge >= 0.3 is 5.97 Å². The third kappa shape index (κ3) is 6.35. The fraction of sp³-hybridized carbons (Fsp3) is 0.357. The van der Waals surface area contributed by atoms with Crippen molar-refractivity contribution in [1.29, 1.82) is 0 Å². The van der Waals surface area contributed by atoms with E-state index in [1.165, 1.54) is 11.1 Å². The van der Waals surface area contributed by atoms with Gasteiger partial charge in [-0.15, -0.1) is 0 Å². The van der Waals surface area contributed by atoms with Gasteiger partial charge < -0.3 is 14.4 Å². The Morgan fingerprint density at radius 2 is 1.62 bits per heavy atom. The summed E-state index contributed by atoms with van der Waals surface area (Å²) in [6.45, 7) is 10.7. The van der Waals surface area contributed by atoms with Crippen molar-refractivity contribution in [3.05, 3.63) is 89.1 Å². The summed E-state index contributed by atoms with van der Waals surface area (Å²) >= 11 is 0. The zero-order chi connectivity index (χ0) is 23.9. The Labute approximate surface area is 202 Å². The number of anilines is 1. The molecule has 0 atom stereocenters. The molecule has 6 nitrogen and oxygen atoms in total. The molecule has 2 aromatic carbocycles. The van der Waals surface area contributed by atoms with Gasteiger partial charge in [-0.3, -0.25) is 4.90 Å². The molecule has 4 rings (SSSR count). The van der Waals surface area contributed by atoms with Crippen LogP contribution in [0.25, 0.3) is 0 Å². The van der Waals surface area contributed by atoms with Crippen molar-refractivity contribution in [3.8, 4) is 5.75 Å². The molecule has 0 N–H and O–H groups in total. The van der Waals surface area contributed by atoms with Crippen molar-refractivity contribution in [1.82, 2.24) is 9.88 Å². The van der Waals surface area contributed by atoms with Crippen molar-refractivity contribution in [2.24, 2.45) is 0 Å². The Morgan fingerprint density at radius 3 is 2.29 bits per heavy atom. The highest BCUT2D eigenvalue weighted by Gasteiger charge is 2.23. The molecule has 0 bridgehead atoms. The van der Waals surface area contributed by atoms with E-state index in [9.17, 15) is 4.79 Å². The summed E-state index contributed by atoms with van der Waals surface area (Å²) in [5, 5.41) is 0. The van der Waals surface area contributed by atoms with Crippen molar-refractivity contribution in [3.63, 3.8) is 0 Å². The smallest absolute Gasteiger partial charge is 0.342 e. The summed E-state index contributed by atoms with van der Waals surface area (Å²) in [6, 6.07) is 20.3. The van der Waals surface area contributed by atoms with Gasteiger partial charge in [-0.2, -0.15) is 0 Å². The van der Waals surface area contributed by atoms with Gasteiger partial charge in [0.05, 0.1) is 6.10 Å². The first-order valence-corrected chi connectivity index (χ1v) is 11.9. The Morgan fingerprint density at radius 1 is 0.941 bits per heavy atom. The largest absolute Gasteiger partial charge is 0.489 e. The van der Waals surface area contributed by atoms with E-state index in [0.29, 0.717) is 18.0 Å². The van der Waals surface area contributed by atoms with Crippen LogP contribution in [0.3, 0.4) is 0 Å². The lowest BCUT2D eigenvalue weighted by molar-refractivity contribution is 0.0378. The van der Waals surface area contributed by atoms with Crippen LogP contribution in [0, 0.1) is 6.92 Å². The van der Waals surface area contributed by atoms with Crippen LogP contribution in [0.1, 0.15) is 40.9 Å². The van der Waals surface area contributed by atoms with Crippen LogP contribution in [0.2, 0.25) is 0 Å². The molecule has 34 heavy (non-hydrogen) atoms. The second-order valence-corrected chi connectivity index (χ2v) is 9.01. The molecule has 6 heteroatoms. The van der Waals surface area contributed by atoms with Crippen LogP contribution in [0.4, 0.5) is 5.82 Å². The molecule has 0 spiro atoms. The van der Waals surface area contributed by atoms with Crippen LogP contribution in [-0.4, -0.2) is 48.1 Å². The predicted octanol–water partition coefficient (Wildman–Crippen LogP) is 4.86. The van der Waals surface area contributed by atoms with E-state index < -0.39 is 0 Å². The number of aryl methyl sites for hydroxylation is 1. The molecular formula is C28H33N3O3. The van der Waals surface area contributed by atoms with Crippen LogP contribution < -0.4 is 9.64 Å². The lowest BCUT2D eigenvalue weighted by Crippen LogP contribution is -2.46. The molecule has 1 aromatic heterocycles. The fourth-order valence-corrected chi connectivity index (χ4v) is 4.00. The monoisotopic (exact) mass is 459 g/mol. The average molecular weight is 460 g/mol. The normalized spacial score (nSPS) is 14.3. The molecule has 1 saturated heterocycles. The number of nitrogens with zero attached hydrogens (tertiary/aromatic N) is 3. The zero-order valence-corrected chi connectivity index (χ0v) is 20.2. The summed E-state index contributed by atoms with van der Waals surface area (Å²) in [6.07, 6.45) is 1.58. The molecule has 1 aliphatic heterocycles. The predicted molar refractivity (Wildman–Crippen MR) is 134 cm³/mol. The number of hydrogen-bond acceptors (Lipinski definition) is 6. The Hall–Kier alpha value is -3.38. The van der Waals surface area contributed by atoms with Crippen LogP contribution >= 0.6 is 0 Å². The minimum atomic E-state index is -0.313. The lowest BCUT2D eigenvalue weighted by Gasteiger charge is -2.36. The molecule has 2 heterocycles. The number of piperazine rings is 1. The van der Waals surface area contributed by atoms with Crippen molar-refractivity contribution >= 4 is 11.8 Å². The molecule has 178 valence electrons. The number of ether oxygens (including phenoxy) is 2. The second-order valence-electron chi connectivity index (χ2n) is 9.01. The SMILES string of the molecule is Cc1ccc(OCc2ccc(CN3CCN(c4ncccc4C(=O)OC(C)C)CC3)cc2)cc1. The molecule has 0 saturated carbocycles. The lowest BCUT2D eigenvalue weighted by atomic mass is 10.1. The number of esters is 1. The Kier molecular flexibility index (Phi) is 7.80. The van der Waals surface area contributed by atoms with Gasteiger partial charge in [-0.25, -0.2) is 9.78 Å². The molecule has 3 aromatic rings. The van der Waals surface area contributed by atoms with Gasteiger partial charge in [0.1, 0.15) is 23.7 Å². The highest BCUT2D eigenvalue weighted by atomic mass is 16.5. The summed E-state index contributed by atoms with van der Waals surface area (Å²) in [4.78, 5) is 21.6. The number of benzene rings is 2. The Bertz CT molecular complexity index is 1070. The number of pyridine rings is 1. The molecule has 0 amide bonds. The molecule has 1 fully saturated rings. The van der Waals surface area contributed by atoms with E-state index in [2.05, 4.69) is 58.1 Å². The molecule has 0 radical (unpaired) electrons. The third-order valence-electron chi connectivity index (χ3n) is 5.88. The molecule has 0 unspecified atom stereocenters. The summed E-state index contributed by atoms with van der Waals surface area (Å²) < 4.78 is 11.3. The first kappa shape index (κ1) is 23.8. The first-order chi connectivity index (χ1) is 16.5. The van der Waals surface area contributed by atoms with E-state index in [0.717, 1.165) is 44.0 Å². The summed E-state index contributed by atoms with van der Waals surface area (Å²) in [7, 11) is 0. The number of rotatable bonds is 8. The molecular weight excluding hydrogens is 426 g/mol. The molecule has 1 aliphatic rings. The van der Waals surface area contributed by atoms with Gasteiger partial charge in [0.25, 0.3) is 0 Å². The van der Waals surface area contributed by atoms with E-state index >= 15 is 0 Å². The van der Waals surface area contributed by atoms with Crippen molar-refractivity contribution in [2.45, 2.75) is 40.0 Å². The number of carbonyl (C=O) groups excluding carboxylic acids is 1. The maximum absolute atomic E-state index is 12.5. The van der Waals surface area contributed by atoms with Crippen LogP contribution in [0.5, 0.6) is 5.75 Å². The maximum Gasteiger partial charge on any atom is 0.342 e. The topological polar surface area (TPSA) is 54.9 Å². The van der Waals surface area contributed by atoms with Gasteiger partial charge in [0, 0.05) is 38.9 Å². The van der Waals surface area contributed by atoms with Crippen molar-refractivity contribution < 1.29 is 14.3 Å². The summed E-state index contributed by atoms with van der Waals surface area (Å²) in [5.74, 6) is 1.29. The van der Waals surface area contributed by atoms with Gasteiger partial charge in [-0.1, -0.05) is 42.0 Å². The third-order valence-corrected chi connectivity index (χ3v) is 5.88. The van der Waals surface area contributed by atoms with E-state index in [1.807, 2.05) is 26.0 Å². The number of carbonyl (C=O) groups is 1. The summed E-state index contributed by atoms with van der Waals surface area (Å²) in [5.41, 5.74) is 4.21. The highest BCUT2D eigenvalue weighted by Crippen LogP contribution is 2.21. The second kappa shape index (κ2) is 11.2. The highest BCUT2D eigenvalue weighted by molar-refractivity contribution is 5.94. The van der Waals surface area contributed by atoms with Crippen molar-refractivity contribution in [2.75, 3.05) is 31.1 Å². The van der Waals surface area contributed by atoms with E-state index in [-0.39, 0.29) is 12.1 Å². The van der Waals surface area contributed by atoms with Gasteiger partial charge in [-0.05, 0) is 56.2 Å². The minimum absolute atomic E-state index is 0.155. The quantitative estimate of drug-likeness (QED) is 0.449. The van der Waals surface area contributed by atoms with Gasteiger partial charge in [0.15, 0.2) is 0 Å². The Balaban J connectivity index is 1.28. The van der Waals surface area contributed by atoms with Crippen LogP contribution in [-0.2, 0) is 17.9 Å². The minimum Gasteiger partial charge on any atom is -0.489 e. The van der Waals surface area contributed by atoms with Gasteiger partial charge in [0.2, 0.25) is 0 Å².